The van der Waals surface area contributed by atoms with E-state index >= 15 is 0 Å². The number of piperidine rings is 1. The summed E-state index contributed by atoms with van der Waals surface area (Å²) in [6, 6.07) is 25.8. The second-order valence-corrected chi connectivity index (χ2v) is 10.8. The van der Waals surface area contributed by atoms with Gasteiger partial charge >= 0.3 is 0 Å². The highest BCUT2D eigenvalue weighted by molar-refractivity contribution is 6.30. The van der Waals surface area contributed by atoms with Crippen molar-refractivity contribution in [3.8, 4) is 11.1 Å². The van der Waals surface area contributed by atoms with Gasteiger partial charge in [0.2, 0.25) is 5.91 Å². The molecule has 1 amide bonds. The van der Waals surface area contributed by atoms with Gasteiger partial charge in [-0.05, 0) is 72.3 Å². The van der Waals surface area contributed by atoms with Gasteiger partial charge in [0.25, 0.3) is 0 Å². The lowest BCUT2D eigenvalue weighted by Gasteiger charge is -2.32. The first-order chi connectivity index (χ1) is 17.5. The molecule has 0 saturated carbocycles. The Hall–Kier alpha value is -2.66. The van der Waals surface area contributed by atoms with Crippen LogP contribution in [0.1, 0.15) is 54.7 Å². The van der Waals surface area contributed by atoms with Crippen LogP contribution in [-0.2, 0) is 11.3 Å². The van der Waals surface area contributed by atoms with Crippen molar-refractivity contribution in [1.29, 1.82) is 0 Å². The molecule has 5 heteroatoms. The molecular formula is C31H36ClN3O. The maximum atomic E-state index is 11.9. The molecule has 36 heavy (non-hydrogen) atoms. The number of benzene rings is 3. The minimum atomic E-state index is -0.285. The van der Waals surface area contributed by atoms with E-state index in [4.69, 9.17) is 17.3 Å². The van der Waals surface area contributed by atoms with Gasteiger partial charge in [-0.1, -0.05) is 78.7 Å². The molecule has 2 saturated heterocycles. The lowest BCUT2D eigenvalue weighted by atomic mass is 9.87. The summed E-state index contributed by atoms with van der Waals surface area (Å²) in [6.07, 6.45) is 5.68. The molecule has 0 aliphatic carbocycles. The Labute approximate surface area is 220 Å². The van der Waals surface area contributed by atoms with Crippen LogP contribution < -0.4 is 5.73 Å². The van der Waals surface area contributed by atoms with Crippen LogP contribution in [0, 0.1) is 0 Å². The molecule has 188 valence electrons. The van der Waals surface area contributed by atoms with E-state index < -0.39 is 0 Å². The number of likely N-dealkylation sites (tertiary alicyclic amines) is 2. The average Bonchev–Trinajstić information content (AvgIpc) is 3.37. The van der Waals surface area contributed by atoms with E-state index in [-0.39, 0.29) is 11.8 Å². The summed E-state index contributed by atoms with van der Waals surface area (Å²) in [5, 5.41) is 0.729. The van der Waals surface area contributed by atoms with Crippen molar-refractivity contribution in [1.82, 2.24) is 9.80 Å². The molecule has 3 aromatic rings. The van der Waals surface area contributed by atoms with Crippen LogP contribution in [0.3, 0.4) is 0 Å². The predicted octanol–water partition coefficient (Wildman–Crippen LogP) is 6.07. The molecular weight excluding hydrogens is 466 g/mol. The van der Waals surface area contributed by atoms with Crippen molar-refractivity contribution in [2.45, 2.75) is 50.6 Å². The molecule has 2 fully saturated rings. The zero-order valence-electron chi connectivity index (χ0n) is 20.9. The predicted molar refractivity (Wildman–Crippen MR) is 148 cm³/mol. The SMILES string of the molecule is NC(=O)CC(c1ccc(CN2CCC(N3CCCCC3)C2)cc1)c1ccc(-c2ccc(Cl)cc2)cc1. The van der Waals surface area contributed by atoms with E-state index in [9.17, 15) is 4.79 Å². The van der Waals surface area contributed by atoms with E-state index in [1.807, 2.05) is 24.3 Å². The quantitative estimate of drug-likeness (QED) is 0.407. The zero-order chi connectivity index (χ0) is 24.9. The minimum absolute atomic E-state index is 0.0499. The molecule has 0 bridgehead atoms. The molecule has 0 radical (unpaired) electrons. The van der Waals surface area contributed by atoms with E-state index in [1.54, 1.807) is 0 Å². The monoisotopic (exact) mass is 501 g/mol. The maximum Gasteiger partial charge on any atom is 0.218 e. The van der Waals surface area contributed by atoms with Crippen LogP contribution in [-0.4, -0.2) is 47.9 Å². The second-order valence-electron chi connectivity index (χ2n) is 10.4. The number of carbonyl (C=O) groups is 1. The van der Waals surface area contributed by atoms with Gasteiger partial charge < -0.3 is 5.73 Å². The van der Waals surface area contributed by atoms with Gasteiger partial charge in [0.1, 0.15) is 0 Å². The summed E-state index contributed by atoms with van der Waals surface area (Å²) in [4.78, 5) is 17.2. The molecule has 5 rings (SSSR count). The summed E-state index contributed by atoms with van der Waals surface area (Å²) in [5.74, 6) is -0.335. The standard InChI is InChI=1S/C31H36ClN3O/c32-28-14-12-25(13-15-28)24-8-10-27(11-9-24)30(20-31(33)36)26-6-4-23(5-7-26)21-34-19-16-29(22-34)35-17-2-1-3-18-35/h4-15,29-30H,1-3,16-22H2,(H2,33,36). The molecule has 2 unspecified atom stereocenters. The fourth-order valence-electron chi connectivity index (χ4n) is 5.83. The zero-order valence-corrected chi connectivity index (χ0v) is 21.7. The van der Waals surface area contributed by atoms with Crippen LogP contribution in [0.15, 0.2) is 72.8 Å². The van der Waals surface area contributed by atoms with Crippen LogP contribution in [0.5, 0.6) is 0 Å². The Bertz CT molecular complexity index is 1140. The Morgan fingerprint density at radius 3 is 2.03 bits per heavy atom. The van der Waals surface area contributed by atoms with Crippen LogP contribution in [0.25, 0.3) is 11.1 Å². The van der Waals surface area contributed by atoms with Crippen molar-refractivity contribution < 1.29 is 4.79 Å². The number of primary amides is 1. The average molecular weight is 502 g/mol. The Kier molecular flexibility index (Phi) is 8.05. The summed E-state index contributed by atoms with van der Waals surface area (Å²) >= 11 is 6.03. The summed E-state index contributed by atoms with van der Waals surface area (Å²) in [6.45, 7) is 5.88. The molecule has 2 N–H and O–H groups in total. The lowest BCUT2D eigenvalue weighted by molar-refractivity contribution is -0.118. The number of nitrogens with zero attached hydrogens (tertiary/aromatic N) is 2. The normalized spacial score (nSPS) is 19.9. The number of halogens is 1. The summed E-state index contributed by atoms with van der Waals surface area (Å²) in [5.41, 5.74) is 11.5. The largest absolute Gasteiger partial charge is 0.370 e. The van der Waals surface area contributed by atoms with Gasteiger partial charge in [-0.15, -0.1) is 0 Å². The van der Waals surface area contributed by atoms with Crippen molar-refractivity contribution in [2.24, 2.45) is 5.73 Å². The number of carbonyl (C=O) groups excluding carboxylic acids is 1. The number of rotatable bonds is 8. The first-order valence-corrected chi connectivity index (χ1v) is 13.6. The second kappa shape index (κ2) is 11.6. The topological polar surface area (TPSA) is 49.6 Å². The molecule has 2 aliphatic heterocycles. The smallest absolute Gasteiger partial charge is 0.218 e. The third kappa shape index (κ3) is 6.18. The minimum Gasteiger partial charge on any atom is -0.370 e. The lowest BCUT2D eigenvalue weighted by Crippen LogP contribution is -2.40. The highest BCUT2D eigenvalue weighted by atomic mass is 35.5. The van der Waals surface area contributed by atoms with E-state index in [0.29, 0.717) is 6.42 Å². The summed E-state index contributed by atoms with van der Waals surface area (Å²) < 4.78 is 0. The molecule has 4 nitrogen and oxygen atoms in total. The maximum absolute atomic E-state index is 11.9. The van der Waals surface area contributed by atoms with Gasteiger partial charge in [-0.3, -0.25) is 14.6 Å². The molecule has 0 spiro atoms. The molecule has 3 aromatic carbocycles. The summed E-state index contributed by atoms with van der Waals surface area (Å²) in [7, 11) is 0. The van der Waals surface area contributed by atoms with Crippen molar-refractivity contribution in [3.63, 3.8) is 0 Å². The van der Waals surface area contributed by atoms with E-state index in [0.717, 1.165) is 39.9 Å². The van der Waals surface area contributed by atoms with Crippen LogP contribution >= 0.6 is 11.6 Å². The van der Waals surface area contributed by atoms with Gasteiger partial charge in [0.15, 0.2) is 0 Å². The highest BCUT2D eigenvalue weighted by Gasteiger charge is 2.28. The number of hydrogen-bond donors (Lipinski definition) is 1. The Balaban J connectivity index is 1.25. The van der Waals surface area contributed by atoms with Crippen molar-refractivity contribution in [2.75, 3.05) is 26.2 Å². The molecule has 2 aliphatic rings. The Morgan fingerprint density at radius 1 is 0.833 bits per heavy atom. The highest BCUT2D eigenvalue weighted by Crippen LogP contribution is 2.31. The van der Waals surface area contributed by atoms with Gasteiger partial charge in [-0.25, -0.2) is 0 Å². The first-order valence-electron chi connectivity index (χ1n) is 13.2. The van der Waals surface area contributed by atoms with Crippen molar-refractivity contribution >= 4 is 17.5 Å². The van der Waals surface area contributed by atoms with E-state index in [2.05, 4.69) is 58.3 Å². The van der Waals surface area contributed by atoms with Gasteiger partial charge in [-0.2, -0.15) is 0 Å². The van der Waals surface area contributed by atoms with Gasteiger partial charge in [0, 0.05) is 43.0 Å². The number of amides is 1. The van der Waals surface area contributed by atoms with Crippen LogP contribution in [0.2, 0.25) is 5.02 Å². The van der Waals surface area contributed by atoms with Crippen LogP contribution in [0.4, 0.5) is 0 Å². The molecule has 2 atom stereocenters. The van der Waals surface area contributed by atoms with Crippen molar-refractivity contribution in [3.05, 3.63) is 94.5 Å². The fraction of sp³-hybridized carbons (Fsp3) is 0.387. The third-order valence-corrected chi connectivity index (χ3v) is 8.09. The van der Waals surface area contributed by atoms with E-state index in [1.165, 1.54) is 57.4 Å². The fourth-order valence-corrected chi connectivity index (χ4v) is 5.96. The number of hydrogen-bond acceptors (Lipinski definition) is 3. The number of nitrogens with two attached hydrogens (primary N) is 1. The van der Waals surface area contributed by atoms with Gasteiger partial charge in [0.05, 0.1) is 0 Å². The Morgan fingerprint density at radius 2 is 1.42 bits per heavy atom. The molecule has 2 heterocycles. The first kappa shape index (κ1) is 25.0. The third-order valence-electron chi connectivity index (χ3n) is 7.84. The molecule has 0 aromatic heterocycles.